The Morgan fingerprint density at radius 2 is 1.89 bits per heavy atom. The summed E-state index contributed by atoms with van der Waals surface area (Å²) in [6, 6.07) is 9.06. The Balaban J connectivity index is 2.39. The number of halogens is 4. The highest BCUT2D eigenvalue weighted by Crippen LogP contribution is 2.34. The molecule has 0 amide bonds. The lowest BCUT2D eigenvalue weighted by Crippen LogP contribution is -2.26. The molecule has 0 saturated heterocycles. The van der Waals surface area contributed by atoms with Gasteiger partial charge in [0.1, 0.15) is 5.82 Å². The minimum atomic E-state index is -4.32. The van der Waals surface area contributed by atoms with Crippen LogP contribution in [0.4, 0.5) is 23.2 Å². The van der Waals surface area contributed by atoms with Crippen molar-refractivity contribution >= 4 is 23.4 Å². The van der Waals surface area contributed by atoms with Crippen LogP contribution in [0.1, 0.15) is 34.8 Å². The zero-order chi connectivity index (χ0) is 20.9. The van der Waals surface area contributed by atoms with Crippen LogP contribution in [0.2, 0.25) is 0 Å². The monoisotopic (exact) mass is 415 g/mol. The number of carboxylic acids is 1. The fourth-order valence-corrected chi connectivity index (χ4v) is 3.63. The van der Waals surface area contributed by atoms with E-state index in [0.29, 0.717) is 40.7 Å². The first-order valence-corrected chi connectivity index (χ1v) is 9.66. The van der Waals surface area contributed by atoms with Gasteiger partial charge < -0.3 is 10.0 Å². The maximum Gasteiger partial charge on any atom is 0.398 e. The van der Waals surface area contributed by atoms with E-state index in [9.17, 15) is 27.5 Å². The van der Waals surface area contributed by atoms with E-state index in [0.717, 1.165) is 0 Å². The van der Waals surface area contributed by atoms with Gasteiger partial charge in [-0.25, -0.2) is 9.18 Å². The summed E-state index contributed by atoms with van der Waals surface area (Å²) in [7, 11) is 0. The van der Waals surface area contributed by atoms with Crippen LogP contribution in [0.5, 0.6) is 0 Å². The average Bonchev–Trinajstić information content (AvgIpc) is 2.60. The number of nitrogens with zero attached hydrogens (tertiary/aromatic N) is 1. The van der Waals surface area contributed by atoms with Gasteiger partial charge in [-0.1, -0.05) is 25.1 Å². The Morgan fingerprint density at radius 1 is 1.21 bits per heavy atom. The third kappa shape index (κ3) is 5.89. The van der Waals surface area contributed by atoms with Gasteiger partial charge >= 0.3 is 12.1 Å². The predicted octanol–water partition coefficient (Wildman–Crippen LogP) is 5.90. The Kier molecular flexibility index (Phi) is 7.35. The van der Waals surface area contributed by atoms with E-state index in [2.05, 4.69) is 0 Å². The number of anilines is 1. The normalized spacial score (nSPS) is 11.5. The number of carboxylic acid groups (broad SMARTS) is 1. The molecule has 0 aliphatic rings. The summed E-state index contributed by atoms with van der Waals surface area (Å²) in [4.78, 5) is 13.4. The van der Waals surface area contributed by atoms with Crippen LogP contribution < -0.4 is 4.90 Å². The molecule has 0 unspecified atom stereocenters. The lowest BCUT2D eigenvalue weighted by atomic mass is 10.1. The Bertz CT molecular complexity index is 839. The molecule has 0 fully saturated rings. The molecule has 2 rings (SSSR count). The zero-order valence-corrected chi connectivity index (χ0v) is 16.3. The molecule has 0 aliphatic heterocycles. The zero-order valence-electron chi connectivity index (χ0n) is 15.5. The Morgan fingerprint density at radius 3 is 2.50 bits per heavy atom. The Hall–Kier alpha value is -2.22. The summed E-state index contributed by atoms with van der Waals surface area (Å²) in [5.41, 5.74) is 1.21. The van der Waals surface area contributed by atoms with Gasteiger partial charge in [0.2, 0.25) is 0 Å². The first-order chi connectivity index (χ1) is 13.1. The predicted molar refractivity (Wildman–Crippen MR) is 103 cm³/mol. The molecule has 0 atom stereocenters. The fraction of sp³-hybridized carbons (Fsp3) is 0.350. The maximum absolute atomic E-state index is 14.7. The van der Waals surface area contributed by atoms with Crippen molar-refractivity contribution in [3.05, 3.63) is 58.9 Å². The quantitative estimate of drug-likeness (QED) is 0.430. The molecule has 0 aliphatic carbocycles. The van der Waals surface area contributed by atoms with Crippen LogP contribution in [0.15, 0.2) is 41.3 Å². The molecule has 0 aromatic heterocycles. The van der Waals surface area contributed by atoms with Crippen molar-refractivity contribution < 1.29 is 27.5 Å². The summed E-state index contributed by atoms with van der Waals surface area (Å²) in [6.45, 7) is 4.02. The largest absolute Gasteiger partial charge is 0.478 e. The number of aromatic carboxylic acids is 1. The molecule has 0 spiro atoms. The first kappa shape index (κ1) is 22.1. The van der Waals surface area contributed by atoms with E-state index in [-0.39, 0.29) is 17.8 Å². The SMILES string of the molecule is CCCN(Cc1ccccc1C(=O)O)c1cc(SCC(F)(F)F)c(C)cc1F. The summed E-state index contributed by atoms with van der Waals surface area (Å²) in [6.07, 6.45) is -3.66. The second-order valence-electron chi connectivity index (χ2n) is 6.36. The number of hydrogen-bond acceptors (Lipinski definition) is 3. The second-order valence-corrected chi connectivity index (χ2v) is 7.37. The second kappa shape index (κ2) is 9.32. The molecule has 0 heterocycles. The van der Waals surface area contributed by atoms with Gasteiger partial charge in [0.05, 0.1) is 17.0 Å². The van der Waals surface area contributed by atoms with Crippen molar-refractivity contribution in [3.63, 3.8) is 0 Å². The number of thioether (sulfide) groups is 1. The highest BCUT2D eigenvalue weighted by Gasteiger charge is 2.28. The topological polar surface area (TPSA) is 40.5 Å². The highest BCUT2D eigenvalue weighted by atomic mass is 32.2. The van der Waals surface area contributed by atoms with Gasteiger partial charge in [-0.2, -0.15) is 13.2 Å². The number of benzene rings is 2. The standard InChI is InChI=1S/C20H21F4NO2S/c1-3-8-25(11-14-6-4-5-7-15(14)19(26)27)17-10-18(13(2)9-16(17)21)28-12-20(22,23)24/h4-7,9-10H,3,8,11-12H2,1-2H3,(H,26,27). The molecule has 8 heteroatoms. The molecular formula is C20H21F4NO2S. The first-order valence-electron chi connectivity index (χ1n) is 8.68. The van der Waals surface area contributed by atoms with Gasteiger partial charge in [-0.05, 0) is 42.7 Å². The number of carbonyl (C=O) groups is 1. The van der Waals surface area contributed by atoms with Crippen LogP contribution >= 0.6 is 11.8 Å². The van der Waals surface area contributed by atoms with Crippen LogP contribution in [-0.2, 0) is 6.54 Å². The van der Waals surface area contributed by atoms with Gasteiger partial charge in [0.15, 0.2) is 0 Å². The van der Waals surface area contributed by atoms with E-state index in [4.69, 9.17) is 0 Å². The van der Waals surface area contributed by atoms with Crippen LogP contribution in [0.25, 0.3) is 0 Å². The van der Waals surface area contributed by atoms with Crippen molar-refractivity contribution in [1.82, 2.24) is 0 Å². The third-order valence-electron chi connectivity index (χ3n) is 4.08. The fourth-order valence-electron chi connectivity index (χ4n) is 2.83. The number of rotatable bonds is 8. The minimum Gasteiger partial charge on any atom is -0.478 e. The summed E-state index contributed by atoms with van der Waals surface area (Å²) < 4.78 is 52.4. The van der Waals surface area contributed by atoms with E-state index in [1.54, 1.807) is 30.0 Å². The molecule has 2 aromatic carbocycles. The number of hydrogen-bond donors (Lipinski definition) is 1. The molecule has 2 aromatic rings. The van der Waals surface area contributed by atoms with Crippen molar-refractivity contribution in [2.24, 2.45) is 0 Å². The lowest BCUT2D eigenvalue weighted by molar-refractivity contribution is -0.105. The molecule has 28 heavy (non-hydrogen) atoms. The van der Waals surface area contributed by atoms with Crippen molar-refractivity contribution in [1.29, 1.82) is 0 Å². The molecule has 0 radical (unpaired) electrons. The molecule has 3 nitrogen and oxygen atoms in total. The van der Waals surface area contributed by atoms with Crippen LogP contribution in [0.3, 0.4) is 0 Å². The molecular weight excluding hydrogens is 394 g/mol. The van der Waals surface area contributed by atoms with Crippen LogP contribution in [0, 0.1) is 12.7 Å². The van der Waals surface area contributed by atoms with Crippen molar-refractivity contribution in [2.75, 3.05) is 17.2 Å². The number of aryl methyl sites for hydroxylation is 1. The maximum atomic E-state index is 14.7. The summed E-state index contributed by atoms with van der Waals surface area (Å²) >= 11 is 0.614. The molecule has 1 N–H and O–H groups in total. The van der Waals surface area contributed by atoms with Crippen molar-refractivity contribution in [3.8, 4) is 0 Å². The molecule has 0 saturated carbocycles. The average molecular weight is 415 g/mol. The third-order valence-corrected chi connectivity index (χ3v) is 5.30. The molecule has 152 valence electrons. The lowest BCUT2D eigenvalue weighted by Gasteiger charge is -2.26. The van der Waals surface area contributed by atoms with Gasteiger partial charge in [0.25, 0.3) is 0 Å². The highest BCUT2D eigenvalue weighted by molar-refractivity contribution is 7.99. The van der Waals surface area contributed by atoms with E-state index >= 15 is 0 Å². The minimum absolute atomic E-state index is 0.114. The van der Waals surface area contributed by atoms with Gasteiger partial charge in [-0.3, -0.25) is 0 Å². The van der Waals surface area contributed by atoms with Crippen LogP contribution in [-0.4, -0.2) is 29.5 Å². The molecule has 0 bridgehead atoms. The van der Waals surface area contributed by atoms with E-state index in [1.165, 1.54) is 18.2 Å². The smallest absolute Gasteiger partial charge is 0.398 e. The summed E-state index contributed by atoms with van der Waals surface area (Å²) in [5.74, 6) is -2.69. The van der Waals surface area contributed by atoms with E-state index in [1.807, 2.05) is 6.92 Å². The number of alkyl halides is 3. The summed E-state index contributed by atoms with van der Waals surface area (Å²) in [5, 5.41) is 9.36. The van der Waals surface area contributed by atoms with Crippen molar-refractivity contribution in [2.45, 2.75) is 37.9 Å². The Labute approximate surface area is 165 Å². The van der Waals surface area contributed by atoms with Gasteiger partial charge in [-0.15, -0.1) is 11.8 Å². The van der Waals surface area contributed by atoms with Gasteiger partial charge in [0, 0.05) is 18.0 Å². The van der Waals surface area contributed by atoms with E-state index < -0.39 is 23.7 Å².